The number of fused-ring (bicyclic) bond motifs is 1. The van der Waals surface area contributed by atoms with Crippen molar-refractivity contribution < 1.29 is 17.9 Å². The van der Waals surface area contributed by atoms with Crippen LogP contribution >= 0.6 is 24.0 Å². The first-order valence-corrected chi connectivity index (χ1v) is 8.70. The molecule has 0 fully saturated rings. The van der Waals surface area contributed by atoms with Crippen LogP contribution in [0.2, 0.25) is 0 Å². The quantitative estimate of drug-likeness (QED) is 0.264. The molecule has 4 nitrogen and oxygen atoms in total. The zero-order valence-electron chi connectivity index (χ0n) is 14.9. The molecule has 1 aliphatic carbocycles. The second-order valence-electron chi connectivity index (χ2n) is 6.09. The van der Waals surface area contributed by atoms with E-state index in [1.165, 1.54) is 11.1 Å². The molecule has 1 aromatic rings. The predicted octanol–water partition coefficient (Wildman–Crippen LogP) is 4.21. The highest BCUT2D eigenvalue weighted by Gasteiger charge is 2.26. The molecule has 2 N–H and O–H groups in total. The van der Waals surface area contributed by atoms with E-state index in [4.69, 9.17) is 4.74 Å². The van der Waals surface area contributed by atoms with Crippen LogP contribution in [0.1, 0.15) is 42.9 Å². The number of ether oxygens (including phenoxy) is 1. The smallest absolute Gasteiger partial charge is 0.373 e. The molecule has 1 aliphatic rings. The molecule has 0 saturated heterocycles. The Balaban J connectivity index is 0.00000338. The van der Waals surface area contributed by atoms with Gasteiger partial charge in [0, 0.05) is 26.7 Å². The van der Waals surface area contributed by atoms with E-state index in [1.54, 1.807) is 7.05 Å². The minimum Gasteiger partial charge on any atom is -0.373 e. The van der Waals surface area contributed by atoms with Crippen LogP contribution in [-0.2, 0) is 11.2 Å². The molecule has 1 unspecified atom stereocenters. The number of hydrogen-bond acceptors (Lipinski definition) is 2. The SMILES string of the molecule is CN=C(NCCCOC1CCCc2ccccc21)NCCC(F)(F)F.I. The number of hydrogen-bond donors (Lipinski definition) is 2. The molecule has 26 heavy (non-hydrogen) atoms. The summed E-state index contributed by atoms with van der Waals surface area (Å²) in [5.74, 6) is 0.382. The molecular weight excluding hydrogens is 458 g/mol. The maximum absolute atomic E-state index is 12.1. The van der Waals surface area contributed by atoms with Crippen molar-refractivity contribution in [2.45, 2.75) is 44.4 Å². The van der Waals surface area contributed by atoms with Gasteiger partial charge < -0.3 is 15.4 Å². The molecule has 0 radical (unpaired) electrons. The Kier molecular flexibility index (Phi) is 10.3. The van der Waals surface area contributed by atoms with Crippen molar-refractivity contribution in [3.8, 4) is 0 Å². The number of alkyl halides is 3. The van der Waals surface area contributed by atoms with Gasteiger partial charge in [-0.15, -0.1) is 24.0 Å². The molecular formula is C18H27F3IN3O. The van der Waals surface area contributed by atoms with Gasteiger partial charge in [-0.25, -0.2) is 0 Å². The summed E-state index contributed by atoms with van der Waals surface area (Å²) in [5.41, 5.74) is 2.65. The number of aryl methyl sites for hydroxylation is 1. The lowest BCUT2D eigenvalue weighted by Crippen LogP contribution is -2.39. The fourth-order valence-electron chi connectivity index (χ4n) is 2.93. The highest BCUT2D eigenvalue weighted by atomic mass is 127. The Bertz CT molecular complexity index is 567. The first-order valence-electron chi connectivity index (χ1n) is 8.70. The number of rotatable bonds is 7. The molecule has 0 bridgehead atoms. The number of benzene rings is 1. The van der Waals surface area contributed by atoms with E-state index in [9.17, 15) is 13.2 Å². The Labute approximate surface area is 170 Å². The molecule has 0 aliphatic heterocycles. The average Bonchev–Trinajstić information content (AvgIpc) is 2.59. The van der Waals surface area contributed by atoms with Gasteiger partial charge in [0.2, 0.25) is 0 Å². The van der Waals surface area contributed by atoms with Crippen LogP contribution in [0.15, 0.2) is 29.3 Å². The fourth-order valence-corrected chi connectivity index (χ4v) is 2.93. The number of nitrogens with zero attached hydrogens (tertiary/aromatic N) is 1. The van der Waals surface area contributed by atoms with Crippen LogP contribution in [0.5, 0.6) is 0 Å². The Morgan fingerprint density at radius 1 is 1.23 bits per heavy atom. The van der Waals surface area contributed by atoms with Crippen molar-refractivity contribution in [1.82, 2.24) is 10.6 Å². The largest absolute Gasteiger partial charge is 0.390 e. The molecule has 0 amide bonds. The molecule has 0 spiro atoms. The summed E-state index contributed by atoms with van der Waals surface area (Å²) < 4.78 is 42.4. The van der Waals surface area contributed by atoms with Crippen molar-refractivity contribution in [3.05, 3.63) is 35.4 Å². The van der Waals surface area contributed by atoms with E-state index in [0.717, 1.165) is 25.7 Å². The maximum Gasteiger partial charge on any atom is 0.390 e. The van der Waals surface area contributed by atoms with Gasteiger partial charge in [-0.2, -0.15) is 13.2 Å². The van der Waals surface area contributed by atoms with Crippen molar-refractivity contribution in [2.75, 3.05) is 26.7 Å². The lowest BCUT2D eigenvalue weighted by atomic mass is 9.89. The summed E-state index contributed by atoms with van der Waals surface area (Å²) in [6, 6.07) is 8.38. The van der Waals surface area contributed by atoms with E-state index < -0.39 is 12.6 Å². The van der Waals surface area contributed by atoms with Gasteiger partial charge in [0.1, 0.15) is 0 Å². The lowest BCUT2D eigenvalue weighted by molar-refractivity contribution is -0.132. The second kappa shape index (κ2) is 11.6. The highest BCUT2D eigenvalue weighted by Crippen LogP contribution is 2.32. The Hall–Kier alpha value is -1.03. The summed E-state index contributed by atoms with van der Waals surface area (Å²) >= 11 is 0. The standard InChI is InChI=1S/C18H26F3N3O.HI/c1-22-17(24-12-10-18(19,20)21)23-11-5-13-25-16-9-4-7-14-6-2-3-8-15(14)16;/h2-3,6,8,16H,4-5,7,9-13H2,1H3,(H2,22,23,24);1H. The van der Waals surface area contributed by atoms with Crippen LogP contribution < -0.4 is 10.6 Å². The highest BCUT2D eigenvalue weighted by molar-refractivity contribution is 14.0. The third-order valence-electron chi connectivity index (χ3n) is 4.17. The third kappa shape index (κ3) is 8.11. The molecule has 0 heterocycles. The van der Waals surface area contributed by atoms with Crippen LogP contribution in [0, 0.1) is 0 Å². The van der Waals surface area contributed by atoms with E-state index in [-0.39, 0.29) is 36.6 Å². The second-order valence-corrected chi connectivity index (χ2v) is 6.09. The minimum atomic E-state index is -4.16. The first-order chi connectivity index (χ1) is 12.0. The van der Waals surface area contributed by atoms with Gasteiger partial charge in [0.05, 0.1) is 12.5 Å². The van der Waals surface area contributed by atoms with Crippen LogP contribution in [0.25, 0.3) is 0 Å². The average molecular weight is 485 g/mol. The molecule has 1 aromatic carbocycles. The number of nitrogens with one attached hydrogen (secondary N) is 2. The van der Waals surface area contributed by atoms with Gasteiger partial charge in [-0.3, -0.25) is 4.99 Å². The Morgan fingerprint density at radius 3 is 2.69 bits per heavy atom. The molecule has 0 saturated carbocycles. The lowest BCUT2D eigenvalue weighted by Gasteiger charge is -2.25. The molecule has 1 atom stereocenters. The van der Waals surface area contributed by atoms with Crippen LogP contribution in [-0.4, -0.2) is 38.9 Å². The first kappa shape index (κ1) is 23.0. The minimum absolute atomic E-state index is 0. The zero-order valence-corrected chi connectivity index (χ0v) is 17.3. The molecule has 0 aromatic heterocycles. The number of aliphatic imine (C=N–C) groups is 1. The molecule has 8 heteroatoms. The van der Waals surface area contributed by atoms with E-state index >= 15 is 0 Å². The number of guanidine groups is 1. The normalized spacial score (nSPS) is 17.2. The van der Waals surface area contributed by atoms with E-state index in [0.29, 0.717) is 19.1 Å². The van der Waals surface area contributed by atoms with Gasteiger partial charge >= 0.3 is 6.18 Å². The van der Waals surface area contributed by atoms with E-state index in [1.807, 2.05) is 6.07 Å². The molecule has 2 rings (SSSR count). The van der Waals surface area contributed by atoms with Crippen molar-refractivity contribution >= 4 is 29.9 Å². The third-order valence-corrected chi connectivity index (χ3v) is 4.17. The summed E-state index contributed by atoms with van der Waals surface area (Å²) in [7, 11) is 1.54. The number of halogens is 4. The maximum atomic E-state index is 12.1. The Morgan fingerprint density at radius 2 is 1.96 bits per heavy atom. The summed E-state index contributed by atoms with van der Waals surface area (Å²) in [6.45, 7) is 1.02. The van der Waals surface area contributed by atoms with Crippen molar-refractivity contribution in [2.24, 2.45) is 4.99 Å². The van der Waals surface area contributed by atoms with Crippen LogP contribution in [0.4, 0.5) is 13.2 Å². The predicted molar refractivity (Wildman–Crippen MR) is 108 cm³/mol. The topological polar surface area (TPSA) is 45.7 Å². The van der Waals surface area contributed by atoms with Gasteiger partial charge in [-0.05, 0) is 36.8 Å². The summed E-state index contributed by atoms with van der Waals surface area (Å²) in [5, 5.41) is 5.66. The van der Waals surface area contributed by atoms with Crippen molar-refractivity contribution in [3.63, 3.8) is 0 Å². The monoisotopic (exact) mass is 485 g/mol. The molecule has 148 valence electrons. The van der Waals surface area contributed by atoms with E-state index in [2.05, 4.69) is 33.8 Å². The fraction of sp³-hybridized carbons (Fsp3) is 0.611. The summed E-state index contributed by atoms with van der Waals surface area (Å²) in [6.07, 6.45) is -0.848. The summed E-state index contributed by atoms with van der Waals surface area (Å²) in [4.78, 5) is 3.91. The van der Waals surface area contributed by atoms with Crippen molar-refractivity contribution in [1.29, 1.82) is 0 Å². The zero-order chi connectivity index (χ0) is 18.1. The van der Waals surface area contributed by atoms with Gasteiger partial charge in [-0.1, -0.05) is 24.3 Å². The van der Waals surface area contributed by atoms with Gasteiger partial charge in [0.15, 0.2) is 5.96 Å². The van der Waals surface area contributed by atoms with Gasteiger partial charge in [0.25, 0.3) is 0 Å². The van der Waals surface area contributed by atoms with Crippen LogP contribution in [0.3, 0.4) is 0 Å².